The quantitative estimate of drug-likeness (QED) is 0.0261. The summed E-state index contributed by atoms with van der Waals surface area (Å²) in [4.78, 5) is 38.3. The zero-order valence-corrected chi connectivity index (χ0v) is 50.3. The van der Waals surface area contributed by atoms with Gasteiger partial charge in [0.1, 0.15) is 13.2 Å². The molecule has 1 atom stereocenters. The molecule has 0 aromatic rings. The van der Waals surface area contributed by atoms with Crippen molar-refractivity contribution in [1.82, 2.24) is 0 Å². The smallest absolute Gasteiger partial charge is 0.306 e. The lowest BCUT2D eigenvalue weighted by Gasteiger charge is -2.18. The fourth-order valence-electron chi connectivity index (χ4n) is 9.25. The minimum absolute atomic E-state index is 0.0795. The maximum atomic E-state index is 12.9. The summed E-state index contributed by atoms with van der Waals surface area (Å²) in [6.07, 6.45) is 84.4. The van der Waals surface area contributed by atoms with Gasteiger partial charge in [0.25, 0.3) is 0 Å². The van der Waals surface area contributed by atoms with E-state index < -0.39 is 6.10 Å². The van der Waals surface area contributed by atoms with Crippen LogP contribution in [0.4, 0.5) is 0 Å². The van der Waals surface area contributed by atoms with E-state index in [1.54, 1.807) is 0 Å². The van der Waals surface area contributed by atoms with Crippen LogP contribution in [0.3, 0.4) is 0 Å². The van der Waals surface area contributed by atoms with E-state index in [9.17, 15) is 14.4 Å². The number of hydrogen-bond acceptors (Lipinski definition) is 6. The number of unbranched alkanes of at least 4 members (excludes halogenated alkanes) is 34. The number of ether oxygens (including phenoxy) is 3. The van der Waals surface area contributed by atoms with E-state index in [0.29, 0.717) is 19.3 Å². The maximum absolute atomic E-state index is 12.9. The van der Waals surface area contributed by atoms with Crippen LogP contribution in [0.15, 0.2) is 85.1 Å². The molecule has 1 unspecified atom stereocenters. The van der Waals surface area contributed by atoms with Gasteiger partial charge in [0, 0.05) is 19.3 Å². The first-order chi connectivity index (χ1) is 37.5. The average Bonchev–Trinajstić information content (AvgIpc) is 3.42. The molecule has 76 heavy (non-hydrogen) atoms. The van der Waals surface area contributed by atoms with E-state index in [2.05, 4.69) is 106 Å². The Kier molecular flexibility index (Phi) is 61.2. The van der Waals surface area contributed by atoms with Gasteiger partial charge in [-0.15, -0.1) is 0 Å². The first-order valence-corrected chi connectivity index (χ1v) is 32.6. The second-order valence-corrected chi connectivity index (χ2v) is 21.6. The largest absolute Gasteiger partial charge is 0.462 e. The molecule has 0 fully saturated rings. The number of rotatable bonds is 59. The van der Waals surface area contributed by atoms with Crippen LogP contribution in [-0.2, 0) is 28.6 Å². The SMILES string of the molecule is CC/C=C\C/C=C\C/C=C\C/C=C\C/C=C\CCCCCCCCCCCCCC(=O)OCC(COC(=O)CCCCCCC/C=C\C/C=C\CCCC)OC(=O)CCCCCCCCCCCCCCCCCCC. The molecule has 6 nitrogen and oxygen atoms in total. The minimum atomic E-state index is -0.782. The van der Waals surface area contributed by atoms with Gasteiger partial charge in [-0.3, -0.25) is 14.4 Å². The number of carbonyl (C=O) groups is 3. The van der Waals surface area contributed by atoms with Crippen LogP contribution in [-0.4, -0.2) is 37.2 Å². The Morgan fingerprint density at radius 1 is 0.276 bits per heavy atom. The third kappa shape index (κ3) is 61.4. The normalized spacial score (nSPS) is 12.6. The summed E-state index contributed by atoms with van der Waals surface area (Å²) in [5, 5.41) is 0. The van der Waals surface area contributed by atoms with Gasteiger partial charge in [-0.05, 0) is 89.9 Å². The molecule has 0 spiro atoms. The predicted molar refractivity (Wildman–Crippen MR) is 330 cm³/mol. The summed E-state index contributed by atoms with van der Waals surface area (Å²) in [5.74, 6) is -0.881. The van der Waals surface area contributed by atoms with Crippen molar-refractivity contribution in [2.24, 2.45) is 0 Å². The number of carbonyl (C=O) groups excluding carboxylic acids is 3. The van der Waals surface area contributed by atoms with Crippen molar-refractivity contribution in [1.29, 1.82) is 0 Å². The van der Waals surface area contributed by atoms with Gasteiger partial charge in [0.15, 0.2) is 6.10 Å². The molecule has 438 valence electrons. The second kappa shape index (κ2) is 64.1. The molecule has 0 aliphatic carbocycles. The van der Waals surface area contributed by atoms with Crippen molar-refractivity contribution in [3.63, 3.8) is 0 Å². The molecule has 0 heterocycles. The number of hydrogen-bond donors (Lipinski definition) is 0. The highest BCUT2D eigenvalue weighted by atomic mass is 16.6. The van der Waals surface area contributed by atoms with Crippen molar-refractivity contribution in [3.05, 3.63) is 85.1 Å². The van der Waals surface area contributed by atoms with Gasteiger partial charge >= 0.3 is 17.9 Å². The average molecular weight is 1060 g/mol. The zero-order chi connectivity index (χ0) is 55.0. The highest BCUT2D eigenvalue weighted by molar-refractivity contribution is 5.71. The van der Waals surface area contributed by atoms with Gasteiger partial charge < -0.3 is 14.2 Å². The van der Waals surface area contributed by atoms with Crippen LogP contribution in [0.5, 0.6) is 0 Å². The van der Waals surface area contributed by atoms with Gasteiger partial charge in [0.2, 0.25) is 0 Å². The summed E-state index contributed by atoms with van der Waals surface area (Å²) >= 11 is 0. The maximum Gasteiger partial charge on any atom is 0.306 e. The fourth-order valence-corrected chi connectivity index (χ4v) is 9.25. The van der Waals surface area contributed by atoms with E-state index in [-0.39, 0.29) is 31.1 Å². The highest BCUT2D eigenvalue weighted by Crippen LogP contribution is 2.17. The summed E-state index contributed by atoms with van der Waals surface area (Å²) in [6, 6.07) is 0. The Bertz CT molecular complexity index is 1450. The standard InChI is InChI=1S/C70H122O6/c1-4-7-10-13-16-19-22-25-28-30-31-32-33-34-35-36-37-38-39-41-42-45-48-51-54-57-60-63-69(72)75-66-67(65-74-68(71)62-59-56-53-50-47-44-27-24-21-18-15-12-9-6-3)76-70(73)64-61-58-55-52-49-46-43-40-29-26-23-20-17-14-11-8-5-2/h7,10,15-16,18-19,24-25,27-28,31-32,34-35,67H,4-6,8-9,11-14,17,20-23,26,29-30,33,36-66H2,1-3H3/b10-7-,18-15-,19-16-,27-24-,28-25-,32-31-,35-34-. The van der Waals surface area contributed by atoms with Gasteiger partial charge in [-0.1, -0.05) is 298 Å². The van der Waals surface area contributed by atoms with E-state index in [0.717, 1.165) is 109 Å². The summed E-state index contributed by atoms with van der Waals surface area (Å²) < 4.78 is 16.9. The Morgan fingerprint density at radius 3 is 0.842 bits per heavy atom. The molecule has 0 rings (SSSR count). The van der Waals surface area contributed by atoms with Gasteiger partial charge in [0.05, 0.1) is 0 Å². The molecule has 0 saturated carbocycles. The summed E-state index contributed by atoms with van der Waals surface area (Å²) in [5.41, 5.74) is 0. The van der Waals surface area contributed by atoms with Gasteiger partial charge in [-0.2, -0.15) is 0 Å². The van der Waals surface area contributed by atoms with Crippen LogP contribution < -0.4 is 0 Å². The van der Waals surface area contributed by atoms with Crippen LogP contribution >= 0.6 is 0 Å². The zero-order valence-electron chi connectivity index (χ0n) is 50.3. The van der Waals surface area contributed by atoms with Crippen molar-refractivity contribution >= 4 is 17.9 Å². The molecule has 0 saturated heterocycles. The van der Waals surface area contributed by atoms with Crippen LogP contribution in [0, 0.1) is 0 Å². The Balaban J connectivity index is 4.29. The summed E-state index contributed by atoms with van der Waals surface area (Å²) in [6.45, 7) is 6.51. The van der Waals surface area contributed by atoms with Crippen molar-refractivity contribution in [2.75, 3.05) is 13.2 Å². The molecule has 0 aromatic heterocycles. The first kappa shape index (κ1) is 72.6. The lowest BCUT2D eigenvalue weighted by molar-refractivity contribution is -0.167. The number of allylic oxidation sites excluding steroid dienone is 14. The summed E-state index contributed by atoms with van der Waals surface area (Å²) in [7, 11) is 0. The lowest BCUT2D eigenvalue weighted by Crippen LogP contribution is -2.30. The fraction of sp³-hybridized carbons (Fsp3) is 0.757. The molecular formula is C70H122O6. The molecule has 0 bridgehead atoms. The molecule has 0 aliphatic rings. The monoisotopic (exact) mass is 1060 g/mol. The molecule has 0 N–H and O–H groups in total. The van der Waals surface area contributed by atoms with E-state index in [1.807, 2.05) is 0 Å². The van der Waals surface area contributed by atoms with E-state index in [1.165, 1.54) is 173 Å². The predicted octanol–water partition coefficient (Wildman–Crippen LogP) is 22.3. The van der Waals surface area contributed by atoms with E-state index >= 15 is 0 Å². The van der Waals surface area contributed by atoms with Crippen molar-refractivity contribution in [3.8, 4) is 0 Å². The van der Waals surface area contributed by atoms with Crippen molar-refractivity contribution < 1.29 is 28.6 Å². The minimum Gasteiger partial charge on any atom is -0.462 e. The Labute approximate surface area is 471 Å². The molecule has 0 radical (unpaired) electrons. The third-order valence-electron chi connectivity index (χ3n) is 14.1. The molecular weight excluding hydrogens is 937 g/mol. The molecule has 6 heteroatoms. The Hall–Kier alpha value is -3.41. The molecule has 0 aromatic carbocycles. The molecule has 0 aliphatic heterocycles. The molecule has 0 amide bonds. The van der Waals surface area contributed by atoms with Crippen LogP contribution in [0.25, 0.3) is 0 Å². The number of esters is 3. The second-order valence-electron chi connectivity index (χ2n) is 21.6. The topological polar surface area (TPSA) is 78.9 Å². The first-order valence-electron chi connectivity index (χ1n) is 32.6. The highest BCUT2D eigenvalue weighted by Gasteiger charge is 2.19. The van der Waals surface area contributed by atoms with Crippen molar-refractivity contribution in [2.45, 2.75) is 329 Å². The van der Waals surface area contributed by atoms with Crippen LogP contribution in [0.2, 0.25) is 0 Å². The Morgan fingerprint density at radius 2 is 0.526 bits per heavy atom. The van der Waals surface area contributed by atoms with Gasteiger partial charge in [-0.25, -0.2) is 0 Å². The lowest BCUT2D eigenvalue weighted by atomic mass is 10.0. The van der Waals surface area contributed by atoms with E-state index in [4.69, 9.17) is 14.2 Å². The van der Waals surface area contributed by atoms with Crippen LogP contribution in [0.1, 0.15) is 323 Å². The third-order valence-corrected chi connectivity index (χ3v) is 14.1.